The number of hydrogen-bond acceptors (Lipinski definition) is 7. The average molecular weight is 499 g/mol. The number of nitrogens with one attached hydrogen (secondary N) is 2. The van der Waals surface area contributed by atoms with Gasteiger partial charge in [0.2, 0.25) is 11.9 Å². The van der Waals surface area contributed by atoms with Gasteiger partial charge in [-0.25, -0.2) is 4.98 Å². The van der Waals surface area contributed by atoms with Crippen molar-refractivity contribution in [3.05, 3.63) is 77.0 Å². The predicted molar refractivity (Wildman–Crippen MR) is 145 cm³/mol. The van der Waals surface area contributed by atoms with Crippen LogP contribution in [0.15, 0.2) is 60.2 Å². The molecule has 0 saturated carbocycles. The number of aromatic nitrogens is 5. The van der Waals surface area contributed by atoms with Crippen molar-refractivity contribution in [3.63, 3.8) is 0 Å². The normalized spacial score (nSPS) is 14.6. The average Bonchev–Trinajstić information content (AvgIpc) is 3.24. The van der Waals surface area contributed by atoms with Gasteiger partial charge in [-0.1, -0.05) is 12.6 Å². The number of nitrogens with zero attached hydrogens (tertiary/aromatic N) is 6. The van der Waals surface area contributed by atoms with Crippen LogP contribution in [0.3, 0.4) is 0 Å². The van der Waals surface area contributed by atoms with Crippen molar-refractivity contribution in [2.45, 2.75) is 32.7 Å². The Morgan fingerprint density at radius 1 is 1.19 bits per heavy atom. The van der Waals surface area contributed by atoms with Crippen LogP contribution >= 0.6 is 0 Å². The molecule has 0 unspecified atom stereocenters. The minimum Gasteiger partial charge on any atom is -0.322 e. The van der Waals surface area contributed by atoms with E-state index in [2.05, 4.69) is 34.1 Å². The maximum Gasteiger partial charge on any atom is 0.257 e. The third-order valence-corrected chi connectivity index (χ3v) is 6.75. The van der Waals surface area contributed by atoms with Crippen LogP contribution in [-0.2, 0) is 4.79 Å². The highest BCUT2D eigenvalue weighted by Crippen LogP contribution is 2.26. The molecular formula is C27H30N8O2. The van der Waals surface area contributed by atoms with Crippen LogP contribution in [0, 0.1) is 13.8 Å². The summed E-state index contributed by atoms with van der Waals surface area (Å²) < 4.78 is 3.56. The van der Waals surface area contributed by atoms with Crippen molar-refractivity contribution in [1.82, 2.24) is 29.2 Å². The third kappa shape index (κ3) is 5.01. The number of piperidine rings is 1. The molecule has 1 aromatic carbocycles. The zero-order chi connectivity index (χ0) is 26.1. The summed E-state index contributed by atoms with van der Waals surface area (Å²) in [6.45, 7) is 9.40. The second kappa shape index (κ2) is 9.98. The van der Waals surface area contributed by atoms with Gasteiger partial charge in [-0.3, -0.25) is 18.8 Å². The second-order valence-electron chi connectivity index (χ2n) is 9.44. The fraction of sp³-hybridized carbons (Fsp3) is 0.296. The number of amides is 1. The summed E-state index contributed by atoms with van der Waals surface area (Å²) in [5, 5.41) is 11.5. The summed E-state index contributed by atoms with van der Waals surface area (Å²) in [6, 6.07) is 8.97. The lowest BCUT2D eigenvalue weighted by Crippen LogP contribution is -2.31. The molecule has 1 saturated heterocycles. The highest BCUT2D eigenvalue weighted by molar-refractivity contribution is 5.99. The first kappa shape index (κ1) is 24.4. The number of anilines is 3. The Balaban J connectivity index is 1.51. The van der Waals surface area contributed by atoms with Gasteiger partial charge in [0.25, 0.3) is 5.56 Å². The smallest absolute Gasteiger partial charge is 0.257 e. The molecule has 1 aliphatic rings. The lowest BCUT2D eigenvalue weighted by atomic mass is 10.1. The Hall–Kier alpha value is -4.31. The Morgan fingerprint density at radius 2 is 1.97 bits per heavy atom. The number of pyridine rings is 1. The molecule has 0 bridgehead atoms. The van der Waals surface area contributed by atoms with Crippen LogP contribution in [0.4, 0.5) is 17.3 Å². The Labute approximate surface area is 214 Å². The first-order valence-corrected chi connectivity index (χ1v) is 12.3. The highest BCUT2D eigenvalue weighted by atomic mass is 16.1. The van der Waals surface area contributed by atoms with Gasteiger partial charge in [-0.15, -0.1) is 0 Å². The van der Waals surface area contributed by atoms with E-state index < -0.39 is 0 Å². The number of rotatable bonds is 6. The molecule has 0 radical (unpaired) electrons. The number of aryl methyl sites for hydroxylation is 2. The SMILES string of the molecule is C=CC(=O)Nc1cccc(-n2c(=O)cc(C)c3cnc(Nc4cn(C5CCN(C)CC5)nc4C)nc32)c1. The molecule has 4 aromatic rings. The second-order valence-corrected chi connectivity index (χ2v) is 9.44. The van der Waals surface area contributed by atoms with Crippen LogP contribution in [0.1, 0.15) is 30.1 Å². The first-order chi connectivity index (χ1) is 17.8. The first-order valence-electron chi connectivity index (χ1n) is 12.3. The zero-order valence-corrected chi connectivity index (χ0v) is 21.2. The fourth-order valence-corrected chi connectivity index (χ4v) is 4.65. The molecule has 5 rings (SSSR count). The number of benzene rings is 1. The monoisotopic (exact) mass is 498 g/mol. The highest BCUT2D eigenvalue weighted by Gasteiger charge is 2.20. The van der Waals surface area contributed by atoms with Gasteiger partial charge < -0.3 is 15.5 Å². The van der Waals surface area contributed by atoms with Crippen molar-refractivity contribution in [2.75, 3.05) is 30.8 Å². The summed E-state index contributed by atoms with van der Waals surface area (Å²) in [5.41, 5.74) is 3.83. The Morgan fingerprint density at radius 3 is 2.73 bits per heavy atom. The van der Waals surface area contributed by atoms with Crippen molar-refractivity contribution in [2.24, 2.45) is 0 Å². The molecule has 10 heteroatoms. The molecule has 0 spiro atoms. The molecule has 4 heterocycles. The molecular weight excluding hydrogens is 468 g/mol. The van der Waals surface area contributed by atoms with Gasteiger partial charge in [0.15, 0.2) is 5.65 Å². The Kier molecular flexibility index (Phi) is 6.58. The van der Waals surface area contributed by atoms with Crippen LogP contribution in [0.5, 0.6) is 0 Å². The molecule has 37 heavy (non-hydrogen) atoms. The van der Waals surface area contributed by atoms with E-state index in [-0.39, 0.29) is 11.5 Å². The largest absolute Gasteiger partial charge is 0.322 e. The predicted octanol–water partition coefficient (Wildman–Crippen LogP) is 3.73. The number of hydrogen-bond donors (Lipinski definition) is 2. The topological polar surface area (TPSA) is 110 Å². The molecule has 0 aliphatic carbocycles. The van der Waals surface area contributed by atoms with E-state index in [1.807, 2.05) is 24.7 Å². The summed E-state index contributed by atoms with van der Waals surface area (Å²) in [7, 11) is 2.14. The molecule has 3 aromatic heterocycles. The van der Waals surface area contributed by atoms with Gasteiger partial charge in [-0.05, 0) is 76.7 Å². The van der Waals surface area contributed by atoms with Crippen LogP contribution in [0.25, 0.3) is 16.7 Å². The van der Waals surface area contributed by atoms with Gasteiger partial charge >= 0.3 is 0 Å². The molecule has 10 nitrogen and oxygen atoms in total. The summed E-state index contributed by atoms with van der Waals surface area (Å²) in [4.78, 5) is 36.5. The van der Waals surface area contributed by atoms with E-state index in [0.717, 1.165) is 48.3 Å². The molecule has 0 atom stereocenters. The third-order valence-electron chi connectivity index (χ3n) is 6.75. The lowest BCUT2D eigenvalue weighted by Gasteiger charge is -2.28. The van der Waals surface area contributed by atoms with Crippen molar-refractivity contribution >= 4 is 34.3 Å². The van der Waals surface area contributed by atoms with Crippen molar-refractivity contribution in [1.29, 1.82) is 0 Å². The maximum atomic E-state index is 13.1. The summed E-state index contributed by atoms with van der Waals surface area (Å²) in [6.07, 6.45) is 7.04. The molecule has 190 valence electrons. The summed E-state index contributed by atoms with van der Waals surface area (Å²) >= 11 is 0. The molecule has 1 fully saturated rings. The lowest BCUT2D eigenvalue weighted by molar-refractivity contribution is -0.111. The van der Waals surface area contributed by atoms with Crippen LogP contribution < -0.4 is 16.2 Å². The maximum absolute atomic E-state index is 13.1. The quantitative estimate of drug-likeness (QED) is 0.390. The van der Waals surface area contributed by atoms with E-state index in [4.69, 9.17) is 10.1 Å². The molecule has 1 amide bonds. The van der Waals surface area contributed by atoms with Crippen LogP contribution in [0.2, 0.25) is 0 Å². The van der Waals surface area contributed by atoms with Gasteiger partial charge in [0, 0.05) is 29.5 Å². The number of carbonyl (C=O) groups excluding carboxylic acids is 1. The van der Waals surface area contributed by atoms with Crippen LogP contribution in [-0.4, -0.2) is 55.3 Å². The van der Waals surface area contributed by atoms with Gasteiger partial charge in [0.1, 0.15) is 0 Å². The van der Waals surface area contributed by atoms with E-state index in [1.165, 1.54) is 10.6 Å². The molecule has 2 N–H and O–H groups in total. The minimum atomic E-state index is -0.330. The van der Waals surface area contributed by atoms with Gasteiger partial charge in [0.05, 0.1) is 23.1 Å². The summed E-state index contributed by atoms with van der Waals surface area (Å²) in [5.74, 6) is 0.0385. The Bertz CT molecular complexity index is 1550. The van der Waals surface area contributed by atoms with E-state index >= 15 is 0 Å². The van der Waals surface area contributed by atoms with E-state index in [9.17, 15) is 9.59 Å². The van der Waals surface area contributed by atoms with Gasteiger partial charge in [-0.2, -0.15) is 10.1 Å². The minimum absolute atomic E-state index is 0.229. The number of fused-ring (bicyclic) bond motifs is 1. The van der Waals surface area contributed by atoms with E-state index in [0.29, 0.717) is 29.0 Å². The van der Waals surface area contributed by atoms with Crippen molar-refractivity contribution < 1.29 is 4.79 Å². The number of likely N-dealkylation sites (tertiary alicyclic amines) is 1. The van der Waals surface area contributed by atoms with Crippen molar-refractivity contribution in [3.8, 4) is 5.69 Å². The standard InChI is InChI=1S/C27H30N8O2/c1-5-24(36)29-19-7-6-8-21(14-19)35-25(37)13-17(2)22-15-28-27(31-26(22)35)30-23-16-34(32-18(23)3)20-9-11-33(4)12-10-20/h5-8,13-16,20H,1,9-12H2,2-4H3,(H,29,36)(H,28,30,31). The number of carbonyl (C=O) groups is 1. The molecule has 1 aliphatic heterocycles. The van der Waals surface area contributed by atoms with E-state index in [1.54, 1.807) is 36.5 Å². The fourth-order valence-electron chi connectivity index (χ4n) is 4.65. The zero-order valence-electron chi connectivity index (χ0n) is 21.2.